The van der Waals surface area contributed by atoms with Gasteiger partial charge in [0.15, 0.2) is 0 Å². The number of aromatic hydroxyl groups is 1. The van der Waals surface area contributed by atoms with Crippen LogP contribution in [0.1, 0.15) is 10.4 Å². The first kappa shape index (κ1) is 14.6. The summed E-state index contributed by atoms with van der Waals surface area (Å²) in [6.07, 6.45) is 1.55. The van der Waals surface area contributed by atoms with Crippen LogP contribution < -0.4 is 10.1 Å². The molecule has 0 fully saturated rings. The zero-order valence-corrected chi connectivity index (χ0v) is 12.1. The number of para-hydroxylation sites is 3. The molecule has 114 valence electrons. The van der Waals surface area contributed by atoms with Gasteiger partial charge in [-0.1, -0.05) is 30.3 Å². The molecular weight excluding hydrogens is 292 g/mol. The van der Waals surface area contributed by atoms with E-state index in [4.69, 9.17) is 4.74 Å². The Morgan fingerprint density at radius 2 is 1.70 bits per heavy atom. The standard InChI is InChI=1S/C18H14N2O3/c21-16-11-5-4-10-15(16)20-17(22)14-9-6-12-19-18(14)23-13-7-2-1-3-8-13/h1-12,21H,(H,20,22). The van der Waals surface area contributed by atoms with Gasteiger partial charge in [0, 0.05) is 6.20 Å². The molecule has 0 atom stereocenters. The van der Waals surface area contributed by atoms with Crippen molar-refractivity contribution in [2.45, 2.75) is 0 Å². The van der Waals surface area contributed by atoms with Crippen LogP contribution in [0.25, 0.3) is 0 Å². The van der Waals surface area contributed by atoms with E-state index in [0.717, 1.165) is 0 Å². The first-order valence-corrected chi connectivity index (χ1v) is 7.01. The van der Waals surface area contributed by atoms with E-state index in [0.29, 0.717) is 11.4 Å². The van der Waals surface area contributed by atoms with Crippen molar-refractivity contribution in [3.8, 4) is 17.4 Å². The Morgan fingerprint density at radius 1 is 0.957 bits per heavy atom. The number of phenolic OH excluding ortho intramolecular Hbond substituents is 1. The molecule has 0 saturated carbocycles. The fraction of sp³-hybridized carbons (Fsp3) is 0. The minimum Gasteiger partial charge on any atom is -0.506 e. The third kappa shape index (κ3) is 3.47. The van der Waals surface area contributed by atoms with Gasteiger partial charge in [-0.25, -0.2) is 4.98 Å². The number of carbonyl (C=O) groups excluding carboxylic acids is 1. The van der Waals surface area contributed by atoms with E-state index in [1.807, 2.05) is 18.2 Å². The number of phenols is 1. The summed E-state index contributed by atoms with van der Waals surface area (Å²) in [4.78, 5) is 16.5. The third-order valence-electron chi connectivity index (χ3n) is 3.13. The second-order valence-electron chi connectivity index (χ2n) is 4.74. The molecule has 1 amide bonds. The fourth-order valence-corrected chi connectivity index (χ4v) is 2.01. The van der Waals surface area contributed by atoms with Crippen molar-refractivity contribution in [3.63, 3.8) is 0 Å². The molecule has 3 rings (SSSR count). The van der Waals surface area contributed by atoms with Gasteiger partial charge in [0.25, 0.3) is 5.91 Å². The Kier molecular flexibility index (Phi) is 4.20. The van der Waals surface area contributed by atoms with Crippen LogP contribution in [0.5, 0.6) is 17.4 Å². The number of carbonyl (C=O) groups is 1. The Hall–Kier alpha value is -3.34. The molecule has 0 bridgehead atoms. The molecule has 5 nitrogen and oxygen atoms in total. The highest BCUT2D eigenvalue weighted by Crippen LogP contribution is 2.26. The number of hydrogen-bond donors (Lipinski definition) is 2. The van der Waals surface area contributed by atoms with Gasteiger partial charge in [0.1, 0.15) is 17.1 Å². The second kappa shape index (κ2) is 6.62. The van der Waals surface area contributed by atoms with E-state index in [9.17, 15) is 9.90 Å². The number of anilines is 1. The van der Waals surface area contributed by atoms with Crippen LogP contribution in [0.15, 0.2) is 72.9 Å². The average Bonchev–Trinajstić information content (AvgIpc) is 2.58. The first-order chi connectivity index (χ1) is 11.2. The number of benzene rings is 2. The minimum atomic E-state index is -0.412. The molecule has 1 aromatic heterocycles. The fourth-order valence-electron chi connectivity index (χ4n) is 2.01. The lowest BCUT2D eigenvalue weighted by Crippen LogP contribution is -2.13. The van der Waals surface area contributed by atoms with Gasteiger partial charge in [-0.2, -0.15) is 0 Å². The number of pyridine rings is 1. The molecule has 3 aromatic rings. The number of rotatable bonds is 4. The quantitative estimate of drug-likeness (QED) is 0.719. The zero-order chi connectivity index (χ0) is 16.1. The number of aromatic nitrogens is 1. The van der Waals surface area contributed by atoms with Crippen LogP contribution in [-0.4, -0.2) is 16.0 Å². The highest BCUT2D eigenvalue weighted by molar-refractivity contribution is 6.06. The predicted molar refractivity (Wildman–Crippen MR) is 86.8 cm³/mol. The first-order valence-electron chi connectivity index (χ1n) is 7.01. The molecular formula is C18H14N2O3. The van der Waals surface area contributed by atoms with Gasteiger partial charge < -0.3 is 15.2 Å². The highest BCUT2D eigenvalue weighted by atomic mass is 16.5. The lowest BCUT2D eigenvalue weighted by molar-refractivity contribution is 0.102. The molecule has 0 unspecified atom stereocenters. The number of ether oxygens (including phenoxy) is 1. The Morgan fingerprint density at radius 3 is 2.48 bits per heavy atom. The number of amides is 1. The maximum atomic E-state index is 12.4. The molecule has 0 saturated heterocycles. The van der Waals surface area contributed by atoms with Crippen molar-refractivity contribution in [2.24, 2.45) is 0 Å². The van der Waals surface area contributed by atoms with Gasteiger partial charge in [-0.05, 0) is 36.4 Å². The number of nitrogens with one attached hydrogen (secondary N) is 1. The Bertz CT molecular complexity index is 819. The van der Waals surface area contributed by atoms with E-state index >= 15 is 0 Å². The van der Waals surface area contributed by atoms with E-state index in [2.05, 4.69) is 10.3 Å². The van der Waals surface area contributed by atoms with E-state index in [-0.39, 0.29) is 17.2 Å². The summed E-state index contributed by atoms with van der Waals surface area (Å²) in [5, 5.41) is 12.4. The zero-order valence-electron chi connectivity index (χ0n) is 12.1. The molecule has 2 aromatic carbocycles. The predicted octanol–water partition coefficient (Wildman–Crippen LogP) is 3.83. The van der Waals surface area contributed by atoms with Crippen molar-refractivity contribution in [1.82, 2.24) is 4.98 Å². The monoisotopic (exact) mass is 306 g/mol. The summed E-state index contributed by atoms with van der Waals surface area (Å²) in [5.41, 5.74) is 0.603. The van der Waals surface area contributed by atoms with Crippen molar-refractivity contribution < 1.29 is 14.6 Å². The molecule has 0 aliphatic heterocycles. The Labute approximate surface area is 133 Å². The van der Waals surface area contributed by atoms with Gasteiger partial charge in [-0.3, -0.25) is 4.79 Å². The highest BCUT2D eigenvalue weighted by Gasteiger charge is 2.15. The number of nitrogens with zero attached hydrogens (tertiary/aromatic N) is 1. The second-order valence-corrected chi connectivity index (χ2v) is 4.74. The van der Waals surface area contributed by atoms with Gasteiger partial charge in [-0.15, -0.1) is 0 Å². The molecule has 0 radical (unpaired) electrons. The molecule has 5 heteroatoms. The Balaban J connectivity index is 1.85. The van der Waals surface area contributed by atoms with Crippen LogP contribution >= 0.6 is 0 Å². The van der Waals surface area contributed by atoms with E-state index in [1.165, 1.54) is 6.07 Å². The lowest BCUT2D eigenvalue weighted by Gasteiger charge is -2.11. The summed E-state index contributed by atoms with van der Waals surface area (Å²) in [6.45, 7) is 0. The summed E-state index contributed by atoms with van der Waals surface area (Å²) in [5.74, 6) is 0.371. The largest absolute Gasteiger partial charge is 0.506 e. The maximum Gasteiger partial charge on any atom is 0.261 e. The minimum absolute atomic E-state index is 0.00438. The van der Waals surface area contributed by atoms with Crippen LogP contribution in [0.3, 0.4) is 0 Å². The van der Waals surface area contributed by atoms with Crippen molar-refractivity contribution in [3.05, 3.63) is 78.5 Å². The van der Waals surface area contributed by atoms with Gasteiger partial charge >= 0.3 is 0 Å². The molecule has 0 aliphatic carbocycles. The average molecular weight is 306 g/mol. The van der Waals surface area contributed by atoms with Crippen molar-refractivity contribution in [1.29, 1.82) is 0 Å². The van der Waals surface area contributed by atoms with Gasteiger partial charge in [0.2, 0.25) is 5.88 Å². The molecule has 2 N–H and O–H groups in total. The van der Waals surface area contributed by atoms with Crippen LogP contribution in [-0.2, 0) is 0 Å². The van der Waals surface area contributed by atoms with Crippen LogP contribution in [0.4, 0.5) is 5.69 Å². The smallest absolute Gasteiger partial charge is 0.261 e. The summed E-state index contributed by atoms with van der Waals surface area (Å²) in [7, 11) is 0. The third-order valence-corrected chi connectivity index (χ3v) is 3.13. The summed E-state index contributed by atoms with van der Waals surface area (Å²) < 4.78 is 5.66. The maximum absolute atomic E-state index is 12.4. The van der Waals surface area contributed by atoms with Crippen LogP contribution in [0, 0.1) is 0 Å². The summed E-state index contributed by atoms with van der Waals surface area (Å²) >= 11 is 0. The van der Waals surface area contributed by atoms with Crippen molar-refractivity contribution in [2.75, 3.05) is 5.32 Å². The summed E-state index contributed by atoms with van der Waals surface area (Å²) in [6, 6.07) is 18.9. The molecule has 0 aliphatic rings. The van der Waals surface area contributed by atoms with Crippen molar-refractivity contribution >= 4 is 11.6 Å². The normalized spacial score (nSPS) is 10.1. The topological polar surface area (TPSA) is 71.5 Å². The molecule has 1 heterocycles. The van der Waals surface area contributed by atoms with Crippen LogP contribution in [0.2, 0.25) is 0 Å². The SMILES string of the molecule is O=C(Nc1ccccc1O)c1cccnc1Oc1ccccc1. The van der Waals surface area contributed by atoms with Gasteiger partial charge in [0.05, 0.1) is 5.69 Å². The van der Waals surface area contributed by atoms with E-state index in [1.54, 1.807) is 48.7 Å². The molecule has 23 heavy (non-hydrogen) atoms. The molecule has 0 spiro atoms. The lowest BCUT2D eigenvalue weighted by atomic mass is 10.2. The van der Waals surface area contributed by atoms with E-state index < -0.39 is 5.91 Å². The number of hydrogen-bond acceptors (Lipinski definition) is 4.